The Morgan fingerprint density at radius 2 is 2.29 bits per heavy atom. The van der Waals surface area contributed by atoms with Gasteiger partial charge in [-0.2, -0.15) is 9.57 Å². The first-order valence-corrected chi connectivity index (χ1v) is 6.40. The first kappa shape index (κ1) is 13.4. The summed E-state index contributed by atoms with van der Waals surface area (Å²) >= 11 is 0. The smallest absolute Gasteiger partial charge is 0.262 e. The molecule has 0 aliphatic heterocycles. The van der Waals surface area contributed by atoms with Gasteiger partial charge in [0.25, 0.3) is 10.0 Å². The number of pyridine rings is 1. The molecule has 0 bridgehead atoms. The normalized spacial score (nSPS) is 13.3. The van der Waals surface area contributed by atoms with Gasteiger partial charge in [0.1, 0.15) is 0 Å². The van der Waals surface area contributed by atoms with E-state index in [0.717, 1.165) is 4.31 Å². The van der Waals surface area contributed by atoms with Crippen LogP contribution in [0.2, 0.25) is 0 Å². The Labute approximate surface area is 101 Å². The van der Waals surface area contributed by atoms with E-state index in [1.807, 2.05) is 6.07 Å². The van der Waals surface area contributed by atoms with Crippen molar-refractivity contribution in [2.45, 2.75) is 24.4 Å². The third kappa shape index (κ3) is 2.72. The minimum absolute atomic E-state index is 0.100. The van der Waals surface area contributed by atoms with E-state index in [9.17, 15) is 8.42 Å². The second kappa shape index (κ2) is 5.12. The first-order chi connectivity index (χ1) is 7.91. The van der Waals surface area contributed by atoms with E-state index in [2.05, 4.69) is 4.98 Å². The van der Waals surface area contributed by atoms with Crippen LogP contribution in [-0.2, 0) is 10.0 Å². The molecule has 0 aliphatic rings. The molecule has 6 nitrogen and oxygen atoms in total. The van der Waals surface area contributed by atoms with E-state index >= 15 is 0 Å². The molecule has 17 heavy (non-hydrogen) atoms. The Kier molecular flexibility index (Phi) is 4.04. The predicted molar refractivity (Wildman–Crippen MR) is 63.3 cm³/mol. The molecule has 1 unspecified atom stereocenters. The minimum Gasteiger partial charge on any atom is -0.396 e. The summed E-state index contributed by atoms with van der Waals surface area (Å²) in [5.41, 5.74) is 5.69. The molecule has 2 N–H and O–H groups in total. The fourth-order valence-corrected chi connectivity index (χ4v) is 2.63. The van der Waals surface area contributed by atoms with Crippen LogP contribution in [0, 0.1) is 11.3 Å². The lowest BCUT2D eigenvalue weighted by molar-refractivity contribution is 0.392. The number of anilines is 1. The van der Waals surface area contributed by atoms with Gasteiger partial charge in [0.2, 0.25) is 0 Å². The Balaban J connectivity index is 3.13. The fourth-order valence-electron chi connectivity index (χ4n) is 1.25. The molecule has 0 fully saturated rings. The van der Waals surface area contributed by atoms with Gasteiger partial charge in [-0.15, -0.1) is 0 Å². The average molecular weight is 254 g/mol. The summed E-state index contributed by atoms with van der Waals surface area (Å²) in [6.45, 7) is 1.65. The molecule has 1 heterocycles. The van der Waals surface area contributed by atoms with E-state index in [-0.39, 0.29) is 17.1 Å². The zero-order valence-corrected chi connectivity index (χ0v) is 10.5. The van der Waals surface area contributed by atoms with E-state index in [1.54, 1.807) is 13.0 Å². The topological polar surface area (TPSA) is 100 Å². The summed E-state index contributed by atoms with van der Waals surface area (Å²) < 4.78 is 25.4. The lowest BCUT2D eigenvalue weighted by atomic mass is 10.3. The second-order valence-corrected chi connectivity index (χ2v) is 5.54. The molecule has 0 saturated carbocycles. The van der Waals surface area contributed by atoms with Gasteiger partial charge in [0.15, 0.2) is 5.03 Å². The molecule has 1 rings (SSSR count). The summed E-state index contributed by atoms with van der Waals surface area (Å²) in [5.74, 6) is 0. The SMILES string of the molecule is CC(CC#N)N(C)S(=O)(=O)c1ncccc1N. The van der Waals surface area contributed by atoms with E-state index in [1.165, 1.54) is 19.3 Å². The van der Waals surface area contributed by atoms with Crippen molar-refractivity contribution >= 4 is 15.7 Å². The molecule has 1 aromatic rings. The highest BCUT2D eigenvalue weighted by molar-refractivity contribution is 7.89. The van der Waals surface area contributed by atoms with E-state index < -0.39 is 16.1 Å². The maximum absolute atomic E-state index is 12.1. The number of nitrogens with zero attached hydrogens (tertiary/aromatic N) is 3. The fraction of sp³-hybridized carbons (Fsp3) is 0.400. The van der Waals surface area contributed by atoms with Crippen LogP contribution in [0.1, 0.15) is 13.3 Å². The van der Waals surface area contributed by atoms with Gasteiger partial charge < -0.3 is 5.73 Å². The van der Waals surface area contributed by atoms with Crippen molar-refractivity contribution < 1.29 is 8.42 Å². The maximum Gasteiger partial charge on any atom is 0.262 e. The largest absolute Gasteiger partial charge is 0.396 e. The zero-order chi connectivity index (χ0) is 13.1. The van der Waals surface area contributed by atoms with Crippen LogP contribution in [-0.4, -0.2) is 30.8 Å². The van der Waals surface area contributed by atoms with Crippen LogP contribution in [0.3, 0.4) is 0 Å². The second-order valence-electron chi connectivity index (χ2n) is 3.63. The number of nitrogen functional groups attached to an aromatic ring is 1. The third-order valence-electron chi connectivity index (χ3n) is 2.43. The van der Waals surface area contributed by atoms with Gasteiger partial charge in [-0.25, -0.2) is 13.4 Å². The molecule has 1 aromatic heterocycles. The van der Waals surface area contributed by atoms with Crippen molar-refractivity contribution in [2.75, 3.05) is 12.8 Å². The Morgan fingerprint density at radius 1 is 1.65 bits per heavy atom. The van der Waals surface area contributed by atoms with Crippen LogP contribution < -0.4 is 5.73 Å². The summed E-state index contributed by atoms with van der Waals surface area (Å²) in [7, 11) is -2.34. The molecule has 92 valence electrons. The van der Waals surface area contributed by atoms with Gasteiger partial charge in [-0.05, 0) is 19.1 Å². The highest BCUT2D eigenvalue weighted by Crippen LogP contribution is 2.20. The predicted octanol–water partition coefficient (Wildman–Crippen LogP) is 0.586. The summed E-state index contributed by atoms with van der Waals surface area (Å²) in [4.78, 5) is 3.78. The molecule has 0 amide bonds. The molecule has 0 aromatic carbocycles. The summed E-state index contributed by atoms with van der Waals surface area (Å²) in [6, 6.07) is 4.54. The molecular formula is C10H14N4O2S. The Hall–Kier alpha value is -1.65. The molecule has 0 saturated heterocycles. The number of nitrogens with two attached hydrogens (primary N) is 1. The lowest BCUT2D eigenvalue weighted by Gasteiger charge is -2.22. The Morgan fingerprint density at radius 3 is 2.82 bits per heavy atom. The highest BCUT2D eigenvalue weighted by atomic mass is 32.2. The first-order valence-electron chi connectivity index (χ1n) is 4.96. The highest BCUT2D eigenvalue weighted by Gasteiger charge is 2.28. The molecule has 0 aliphatic carbocycles. The van der Waals surface area contributed by atoms with E-state index in [4.69, 9.17) is 11.0 Å². The Bertz CT molecular complexity index is 535. The molecule has 0 spiro atoms. The van der Waals surface area contributed by atoms with Gasteiger partial charge in [-0.3, -0.25) is 0 Å². The average Bonchev–Trinajstić information content (AvgIpc) is 2.28. The van der Waals surface area contributed by atoms with Crippen molar-refractivity contribution in [3.05, 3.63) is 18.3 Å². The quantitative estimate of drug-likeness (QED) is 0.847. The maximum atomic E-state index is 12.1. The van der Waals surface area contributed by atoms with Crippen LogP contribution in [0.4, 0.5) is 5.69 Å². The van der Waals surface area contributed by atoms with Crippen molar-refractivity contribution in [3.8, 4) is 6.07 Å². The van der Waals surface area contributed by atoms with Crippen molar-refractivity contribution in [1.29, 1.82) is 5.26 Å². The zero-order valence-electron chi connectivity index (χ0n) is 9.66. The third-order valence-corrected chi connectivity index (χ3v) is 4.38. The van der Waals surface area contributed by atoms with Crippen molar-refractivity contribution in [3.63, 3.8) is 0 Å². The number of rotatable bonds is 4. The summed E-state index contributed by atoms with van der Waals surface area (Å²) in [5, 5.41) is 8.39. The van der Waals surface area contributed by atoms with Crippen LogP contribution in [0.5, 0.6) is 0 Å². The lowest BCUT2D eigenvalue weighted by Crippen LogP contribution is -2.35. The summed E-state index contributed by atoms with van der Waals surface area (Å²) in [6.07, 6.45) is 1.48. The standard InChI is InChI=1S/C10H14N4O2S/c1-8(5-6-11)14(2)17(15,16)10-9(12)4-3-7-13-10/h3-4,7-8H,5,12H2,1-2H3. The molecule has 1 atom stereocenters. The molecule has 7 heteroatoms. The number of sulfonamides is 1. The van der Waals surface area contributed by atoms with Gasteiger partial charge in [-0.1, -0.05) is 0 Å². The van der Waals surface area contributed by atoms with E-state index in [0.29, 0.717) is 0 Å². The van der Waals surface area contributed by atoms with Crippen molar-refractivity contribution in [1.82, 2.24) is 9.29 Å². The van der Waals surface area contributed by atoms with Gasteiger partial charge >= 0.3 is 0 Å². The van der Waals surface area contributed by atoms with Crippen LogP contribution in [0.15, 0.2) is 23.4 Å². The molecular weight excluding hydrogens is 240 g/mol. The number of aromatic nitrogens is 1. The molecule has 0 radical (unpaired) electrons. The van der Waals surface area contributed by atoms with Gasteiger partial charge in [0, 0.05) is 19.3 Å². The van der Waals surface area contributed by atoms with Crippen molar-refractivity contribution in [2.24, 2.45) is 0 Å². The van der Waals surface area contributed by atoms with Crippen LogP contribution in [0.25, 0.3) is 0 Å². The minimum atomic E-state index is -3.74. The van der Waals surface area contributed by atoms with Gasteiger partial charge in [0.05, 0.1) is 18.2 Å². The number of nitriles is 1. The monoisotopic (exact) mass is 254 g/mol. The number of hydrogen-bond donors (Lipinski definition) is 1. The van der Waals surface area contributed by atoms with Crippen LogP contribution >= 0.6 is 0 Å². The number of hydrogen-bond acceptors (Lipinski definition) is 5.